The first-order valence-corrected chi connectivity index (χ1v) is 13.8. The van der Waals surface area contributed by atoms with Crippen LogP contribution < -0.4 is 10.6 Å². The summed E-state index contributed by atoms with van der Waals surface area (Å²) in [5, 5.41) is 5.92. The quantitative estimate of drug-likeness (QED) is 0.342. The van der Waals surface area contributed by atoms with E-state index in [-0.39, 0.29) is 24.3 Å². The smallest absolute Gasteiger partial charge is 0.408 e. The molecule has 0 aliphatic heterocycles. The number of amides is 3. The van der Waals surface area contributed by atoms with Crippen molar-refractivity contribution in [2.45, 2.75) is 77.6 Å². The number of rotatable bonds is 9. The van der Waals surface area contributed by atoms with Crippen LogP contribution in [0.15, 0.2) is 78.9 Å². The third-order valence-electron chi connectivity index (χ3n) is 6.84. The molecule has 1 aliphatic carbocycles. The van der Waals surface area contributed by atoms with Crippen molar-refractivity contribution in [2.24, 2.45) is 0 Å². The molecule has 0 heterocycles. The highest BCUT2D eigenvalue weighted by Crippen LogP contribution is 2.36. The van der Waals surface area contributed by atoms with Gasteiger partial charge in [-0.05, 0) is 69.7 Å². The maximum atomic E-state index is 14.4. The van der Waals surface area contributed by atoms with E-state index < -0.39 is 23.8 Å². The Labute approximate surface area is 236 Å². The van der Waals surface area contributed by atoms with E-state index in [0.29, 0.717) is 5.56 Å². The minimum atomic E-state index is -0.919. The van der Waals surface area contributed by atoms with Crippen molar-refractivity contribution in [3.05, 3.63) is 101 Å². The first kappa shape index (κ1) is 28.9. The van der Waals surface area contributed by atoms with Gasteiger partial charge in [-0.25, -0.2) is 4.79 Å². The topological polar surface area (TPSA) is 87.7 Å². The predicted molar refractivity (Wildman–Crippen MR) is 157 cm³/mol. The number of anilines is 1. The van der Waals surface area contributed by atoms with E-state index in [0.717, 1.165) is 35.2 Å². The monoisotopic (exact) mass is 541 g/mol. The molecular formula is C33H39N3O4. The van der Waals surface area contributed by atoms with E-state index >= 15 is 0 Å². The molecule has 3 amide bonds. The number of alkyl carbamates (subject to hydrolysis) is 1. The zero-order valence-electron chi connectivity index (χ0n) is 23.9. The van der Waals surface area contributed by atoms with Gasteiger partial charge >= 0.3 is 6.09 Å². The fourth-order valence-corrected chi connectivity index (χ4v) is 4.83. The van der Waals surface area contributed by atoms with Gasteiger partial charge < -0.3 is 20.3 Å². The van der Waals surface area contributed by atoms with Gasteiger partial charge in [-0.3, -0.25) is 9.59 Å². The molecule has 40 heavy (non-hydrogen) atoms. The Balaban J connectivity index is 1.71. The summed E-state index contributed by atoms with van der Waals surface area (Å²) < 4.78 is 5.51. The molecule has 0 aromatic heterocycles. The maximum Gasteiger partial charge on any atom is 0.408 e. The number of ether oxygens (including phenoxy) is 1. The van der Waals surface area contributed by atoms with E-state index in [1.165, 1.54) is 0 Å². The Morgan fingerprint density at radius 3 is 2.00 bits per heavy atom. The number of aryl methyl sites for hydroxylation is 2. The maximum absolute atomic E-state index is 14.4. The Hall–Kier alpha value is -4.13. The van der Waals surface area contributed by atoms with Gasteiger partial charge in [-0.1, -0.05) is 78.9 Å². The summed E-state index contributed by atoms with van der Waals surface area (Å²) in [4.78, 5) is 43.0. The van der Waals surface area contributed by atoms with E-state index in [1.54, 1.807) is 25.7 Å². The molecule has 0 spiro atoms. The lowest BCUT2D eigenvalue weighted by Gasteiger charge is -2.35. The molecule has 3 aromatic carbocycles. The van der Waals surface area contributed by atoms with Crippen molar-refractivity contribution < 1.29 is 19.1 Å². The average Bonchev–Trinajstić information content (AvgIpc) is 3.74. The molecule has 2 atom stereocenters. The highest BCUT2D eigenvalue weighted by atomic mass is 16.6. The standard InChI is InChI=1S/C33H39N3O4/c1-22-13-12-14-23(2)28(22)35-30(37)29(25-17-10-7-11-18-25)36(26-19-20-26)31(38)27(21-24-15-8-6-9-16-24)34-32(39)40-33(3,4)5/h6-18,26-27,29H,19-21H2,1-5H3,(H,34,39)(H,35,37). The minimum absolute atomic E-state index is 0.111. The van der Waals surface area contributed by atoms with Crippen LogP contribution >= 0.6 is 0 Å². The summed E-state index contributed by atoms with van der Waals surface area (Å²) in [7, 11) is 0. The summed E-state index contributed by atoms with van der Waals surface area (Å²) in [6.07, 6.45) is 1.17. The first-order valence-electron chi connectivity index (χ1n) is 13.8. The normalized spacial score (nSPS) is 14.5. The molecule has 7 nitrogen and oxygen atoms in total. The van der Waals surface area contributed by atoms with Crippen molar-refractivity contribution in [3.8, 4) is 0 Å². The van der Waals surface area contributed by atoms with Crippen LogP contribution in [0.5, 0.6) is 0 Å². The number of carbonyl (C=O) groups excluding carboxylic acids is 3. The molecule has 1 fully saturated rings. The molecule has 210 valence electrons. The van der Waals surface area contributed by atoms with Crippen LogP contribution in [0.1, 0.15) is 61.9 Å². The number of para-hydroxylation sites is 1. The van der Waals surface area contributed by atoms with Crippen molar-refractivity contribution in [2.75, 3.05) is 5.32 Å². The summed E-state index contributed by atoms with van der Waals surface area (Å²) >= 11 is 0. The minimum Gasteiger partial charge on any atom is -0.444 e. The van der Waals surface area contributed by atoms with Gasteiger partial charge in [0.05, 0.1) is 0 Å². The molecule has 4 rings (SSSR count). The summed E-state index contributed by atoms with van der Waals surface area (Å²) in [6.45, 7) is 9.23. The Kier molecular flexibility index (Phi) is 8.93. The van der Waals surface area contributed by atoms with Crippen LogP contribution in [0.2, 0.25) is 0 Å². The van der Waals surface area contributed by atoms with Crippen molar-refractivity contribution in [1.29, 1.82) is 0 Å². The molecule has 2 N–H and O–H groups in total. The van der Waals surface area contributed by atoms with E-state index in [4.69, 9.17) is 4.74 Å². The van der Waals surface area contributed by atoms with Crippen LogP contribution in [0.25, 0.3) is 0 Å². The molecule has 2 unspecified atom stereocenters. The van der Waals surface area contributed by atoms with E-state index in [2.05, 4.69) is 10.6 Å². The molecular weight excluding hydrogens is 502 g/mol. The van der Waals surface area contributed by atoms with Crippen LogP contribution in [0, 0.1) is 13.8 Å². The third-order valence-corrected chi connectivity index (χ3v) is 6.84. The van der Waals surface area contributed by atoms with Gasteiger partial charge in [0, 0.05) is 18.2 Å². The van der Waals surface area contributed by atoms with Crippen LogP contribution in [0.3, 0.4) is 0 Å². The Bertz CT molecular complexity index is 1310. The Morgan fingerprint density at radius 2 is 1.45 bits per heavy atom. The van der Waals surface area contributed by atoms with Gasteiger partial charge in [0.1, 0.15) is 17.7 Å². The first-order chi connectivity index (χ1) is 19.0. The molecule has 3 aromatic rings. The van der Waals surface area contributed by atoms with E-state index in [9.17, 15) is 14.4 Å². The number of carbonyl (C=O) groups is 3. The molecule has 0 radical (unpaired) electrons. The summed E-state index contributed by atoms with van der Waals surface area (Å²) in [5.74, 6) is -0.609. The zero-order chi connectivity index (χ0) is 28.9. The second-order valence-electron chi connectivity index (χ2n) is 11.4. The molecule has 1 saturated carbocycles. The lowest BCUT2D eigenvalue weighted by molar-refractivity contribution is -0.141. The van der Waals surface area contributed by atoms with Crippen molar-refractivity contribution >= 4 is 23.6 Å². The van der Waals surface area contributed by atoms with Gasteiger partial charge in [0.25, 0.3) is 5.91 Å². The molecule has 7 heteroatoms. The van der Waals surface area contributed by atoms with Crippen molar-refractivity contribution in [3.63, 3.8) is 0 Å². The lowest BCUT2D eigenvalue weighted by atomic mass is 9.99. The van der Waals surface area contributed by atoms with Gasteiger partial charge in [-0.15, -0.1) is 0 Å². The highest BCUT2D eigenvalue weighted by Gasteiger charge is 2.44. The number of nitrogens with one attached hydrogen (secondary N) is 2. The average molecular weight is 542 g/mol. The predicted octanol–water partition coefficient (Wildman–Crippen LogP) is 6.11. The van der Waals surface area contributed by atoms with E-state index in [1.807, 2.05) is 92.7 Å². The molecule has 0 saturated heterocycles. The second-order valence-corrected chi connectivity index (χ2v) is 11.4. The van der Waals surface area contributed by atoms with Gasteiger partial charge in [0.15, 0.2) is 0 Å². The third kappa shape index (κ3) is 7.50. The Morgan fingerprint density at radius 1 is 0.875 bits per heavy atom. The molecule has 1 aliphatic rings. The van der Waals surface area contributed by atoms with Crippen LogP contribution in [0.4, 0.5) is 10.5 Å². The number of benzene rings is 3. The van der Waals surface area contributed by atoms with Crippen LogP contribution in [-0.4, -0.2) is 40.5 Å². The SMILES string of the molecule is Cc1cccc(C)c1NC(=O)C(c1ccccc1)N(C(=O)C(Cc1ccccc1)NC(=O)OC(C)(C)C)C1CC1. The molecule has 0 bridgehead atoms. The lowest BCUT2D eigenvalue weighted by Crippen LogP contribution is -2.54. The van der Waals surface area contributed by atoms with Gasteiger partial charge in [0.2, 0.25) is 5.91 Å². The summed E-state index contributed by atoms with van der Waals surface area (Å²) in [6, 6.07) is 22.8. The highest BCUT2D eigenvalue weighted by molar-refractivity contribution is 6.00. The summed E-state index contributed by atoms with van der Waals surface area (Å²) in [5.41, 5.74) is 3.50. The second kappa shape index (κ2) is 12.4. The largest absolute Gasteiger partial charge is 0.444 e. The fourth-order valence-electron chi connectivity index (χ4n) is 4.83. The van der Waals surface area contributed by atoms with Gasteiger partial charge in [-0.2, -0.15) is 0 Å². The number of hydrogen-bond acceptors (Lipinski definition) is 4. The number of nitrogens with zero attached hydrogens (tertiary/aromatic N) is 1. The van der Waals surface area contributed by atoms with Crippen molar-refractivity contribution in [1.82, 2.24) is 10.2 Å². The zero-order valence-corrected chi connectivity index (χ0v) is 23.9. The van der Waals surface area contributed by atoms with Crippen LogP contribution in [-0.2, 0) is 20.7 Å². The fraction of sp³-hybridized carbons (Fsp3) is 0.364. The number of hydrogen-bond donors (Lipinski definition) is 2.